The van der Waals surface area contributed by atoms with Gasteiger partial charge in [-0.1, -0.05) is 25.6 Å². The fourth-order valence-electron chi connectivity index (χ4n) is 1.13. The molecule has 0 fully saturated rings. The van der Waals surface area contributed by atoms with Crippen LogP contribution in [0, 0.1) is 5.92 Å². The van der Waals surface area contributed by atoms with Crippen molar-refractivity contribution in [3.63, 3.8) is 0 Å². The van der Waals surface area contributed by atoms with E-state index in [1.54, 1.807) is 6.92 Å². The highest BCUT2D eigenvalue weighted by molar-refractivity contribution is 7.99. The van der Waals surface area contributed by atoms with Gasteiger partial charge in [0.2, 0.25) is 5.91 Å². The normalized spacial score (nSPS) is 14.1. The van der Waals surface area contributed by atoms with Crippen LogP contribution < -0.4 is 22.7 Å². The van der Waals surface area contributed by atoms with Gasteiger partial charge in [-0.15, -0.1) is 0 Å². The van der Waals surface area contributed by atoms with Crippen LogP contribution in [0.5, 0.6) is 0 Å². The Kier molecular flexibility index (Phi) is 4.53. The lowest BCUT2D eigenvalue weighted by atomic mass is 10.1. The number of rotatable bonds is 4. The molecule has 0 radical (unpaired) electrons. The van der Waals surface area contributed by atoms with Crippen LogP contribution >= 0.6 is 11.8 Å². The zero-order valence-electron chi connectivity index (χ0n) is 9.68. The maximum absolute atomic E-state index is 11.3. The monoisotopic (exact) mass is 256 g/mol. The molecule has 1 heterocycles. The van der Waals surface area contributed by atoms with Crippen molar-refractivity contribution in [3.8, 4) is 0 Å². The molecule has 7 nitrogen and oxygen atoms in total. The van der Waals surface area contributed by atoms with Crippen LogP contribution in [-0.2, 0) is 4.79 Å². The SMILES string of the molecule is CC(Sc1nc(N)cc(N)n1)C(C)C(=O)NN. The molecule has 8 heteroatoms. The standard InChI is InChI=1S/C9H16N6OS/c1-4(8(16)15-12)5(2)17-9-13-6(10)3-7(11)14-9/h3-5H,12H2,1-2H3,(H,15,16)(H4,10,11,13,14). The molecule has 17 heavy (non-hydrogen) atoms. The highest BCUT2D eigenvalue weighted by Crippen LogP contribution is 2.26. The summed E-state index contributed by atoms with van der Waals surface area (Å²) in [4.78, 5) is 19.4. The molecule has 2 atom stereocenters. The Morgan fingerprint density at radius 3 is 2.35 bits per heavy atom. The first-order valence-electron chi connectivity index (χ1n) is 5.01. The smallest absolute Gasteiger partial charge is 0.237 e. The summed E-state index contributed by atoms with van der Waals surface area (Å²) in [5.41, 5.74) is 13.2. The number of amides is 1. The number of hydrogen-bond acceptors (Lipinski definition) is 7. The molecule has 1 aromatic rings. The van der Waals surface area contributed by atoms with Gasteiger partial charge >= 0.3 is 0 Å². The molecule has 1 amide bonds. The lowest BCUT2D eigenvalue weighted by molar-refractivity contribution is -0.124. The van der Waals surface area contributed by atoms with E-state index in [-0.39, 0.29) is 17.1 Å². The number of anilines is 2. The van der Waals surface area contributed by atoms with Crippen molar-refractivity contribution < 1.29 is 4.79 Å². The molecular weight excluding hydrogens is 240 g/mol. The minimum absolute atomic E-state index is 0.0419. The summed E-state index contributed by atoms with van der Waals surface area (Å²) in [7, 11) is 0. The summed E-state index contributed by atoms with van der Waals surface area (Å²) in [6, 6.07) is 1.48. The fourth-order valence-corrected chi connectivity index (χ4v) is 2.10. The van der Waals surface area contributed by atoms with E-state index in [9.17, 15) is 4.79 Å². The summed E-state index contributed by atoms with van der Waals surface area (Å²) in [5.74, 6) is 5.19. The zero-order valence-corrected chi connectivity index (χ0v) is 10.5. The maximum atomic E-state index is 11.3. The molecule has 1 rings (SSSR count). The molecule has 0 spiro atoms. The fraction of sp³-hybridized carbons (Fsp3) is 0.444. The third kappa shape index (κ3) is 3.75. The van der Waals surface area contributed by atoms with Crippen molar-refractivity contribution in [1.82, 2.24) is 15.4 Å². The first kappa shape index (κ1) is 13.5. The molecule has 0 aliphatic rings. The van der Waals surface area contributed by atoms with Gasteiger partial charge in [-0.25, -0.2) is 15.8 Å². The molecule has 0 bridgehead atoms. The molecule has 0 aliphatic carbocycles. The number of hydrazine groups is 1. The number of nitrogen functional groups attached to an aromatic ring is 2. The first-order valence-corrected chi connectivity index (χ1v) is 5.89. The molecule has 0 aromatic carbocycles. The summed E-state index contributed by atoms with van der Waals surface area (Å²) >= 11 is 1.33. The van der Waals surface area contributed by atoms with Crippen LogP contribution in [0.15, 0.2) is 11.2 Å². The van der Waals surface area contributed by atoms with E-state index >= 15 is 0 Å². The zero-order chi connectivity index (χ0) is 13.0. The van der Waals surface area contributed by atoms with E-state index < -0.39 is 0 Å². The van der Waals surface area contributed by atoms with Crippen LogP contribution in [0.25, 0.3) is 0 Å². The van der Waals surface area contributed by atoms with Gasteiger partial charge < -0.3 is 11.5 Å². The number of nitrogens with one attached hydrogen (secondary N) is 1. The van der Waals surface area contributed by atoms with E-state index in [0.717, 1.165) is 0 Å². The minimum atomic E-state index is -0.267. The largest absolute Gasteiger partial charge is 0.383 e. The van der Waals surface area contributed by atoms with E-state index in [4.69, 9.17) is 17.3 Å². The number of aromatic nitrogens is 2. The lowest BCUT2D eigenvalue weighted by Crippen LogP contribution is -2.38. The van der Waals surface area contributed by atoms with E-state index in [2.05, 4.69) is 15.4 Å². The van der Waals surface area contributed by atoms with Gasteiger partial charge in [0.15, 0.2) is 5.16 Å². The highest BCUT2D eigenvalue weighted by Gasteiger charge is 2.21. The van der Waals surface area contributed by atoms with Crippen molar-refractivity contribution >= 4 is 29.3 Å². The summed E-state index contributed by atoms with van der Waals surface area (Å²) in [6.45, 7) is 3.66. The van der Waals surface area contributed by atoms with Gasteiger partial charge in [0.05, 0.1) is 0 Å². The van der Waals surface area contributed by atoms with Crippen molar-refractivity contribution in [3.05, 3.63) is 6.07 Å². The van der Waals surface area contributed by atoms with Crippen molar-refractivity contribution in [2.24, 2.45) is 11.8 Å². The maximum Gasteiger partial charge on any atom is 0.237 e. The lowest BCUT2D eigenvalue weighted by Gasteiger charge is -2.16. The number of carbonyl (C=O) groups excluding carboxylic acids is 1. The average Bonchev–Trinajstić information content (AvgIpc) is 2.25. The van der Waals surface area contributed by atoms with Crippen molar-refractivity contribution in [1.29, 1.82) is 0 Å². The first-order chi connectivity index (χ1) is 7.93. The van der Waals surface area contributed by atoms with Gasteiger partial charge in [-0.3, -0.25) is 10.2 Å². The highest BCUT2D eigenvalue weighted by atomic mass is 32.2. The number of thioether (sulfide) groups is 1. The average molecular weight is 256 g/mol. The molecule has 94 valence electrons. The topological polar surface area (TPSA) is 133 Å². The molecule has 7 N–H and O–H groups in total. The second kappa shape index (κ2) is 5.69. The molecule has 2 unspecified atom stereocenters. The number of nitrogens with zero attached hydrogens (tertiary/aromatic N) is 2. The Balaban J connectivity index is 2.73. The van der Waals surface area contributed by atoms with Gasteiger partial charge in [0.25, 0.3) is 0 Å². The number of hydrogen-bond donors (Lipinski definition) is 4. The van der Waals surface area contributed by atoms with Crippen LogP contribution in [0.1, 0.15) is 13.8 Å². The Morgan fingerprint density at radius 2 is 1.88 bits per heavy atom. The minimum Gasteiger partial charge on any atom is -0.383 e. The molecule has 0 saturated carbocycles. The Bertz CT molecular complexity index is 392. The second-order valence-corrected chi connectivity index (χ2v) is 4.96. The van der Waals surface area contributed by atoms with E-state index in [1.165, 1.54) is 17.8 Å². The Morgan fingerprint density at radius 1 is 1.35 bits per heavy atom. The Labute approximate surface area is 104 Å². The number of nitrogens with two attached hydrogens (primary N) is 3. The van der Waals surface area contributed by atoms with Gasteiger partial charge in [-0.05, 0) is 0 Å². The predicted molar refractivity (Wildman–Crippen MR) is 67.7 cm³/mol. The summed E-state index contributed by atoms with van der Waals surface area (Å²) < 4.78 is 0. The number of carbonyl (C=O) groups is 1. The predicted octanol–water partition coefficient (Wildman–Crippen LogP) is -0.252. The second-order valence-electron chi connectivity index (χ2n) is 3.62. The van der Waals surface area contributed by atoms with Crippen LogP contribution in [-0.4, -0.2) is 21.1 Å². The van der Waals surface area contributed by atoms with Crippen LogP contribution in [0.2, 0.25) is 0 Å². The molecule has 1 aromatic heterocycles. The quantitative estimate of drug-likeness (QED) is 0.192. The Hall–Kier alpha value is -1.54. The summed E-state index contributed by atoms with van der Waals surface area (Å²) in [6.07, 6.45) is 0. The molecule has 0 aliphatic heterocycles. The van der Waals surface area contributed by atoms with E-state index in [0.29, 0.717) is 16.8 Å². The third-order valence-corrected chi connectivity index (χ3v) is 3.47. The van der Waals surface area contributed by atoms with Crippen LogP contribution in [0.3, 0.4) is 0 Å². The van der Waals surface area contributed by atoms with Crippen LogP contribution in [0.4, 0.5) is 11.6 Å². The third-order valence-electron chi connectivity index (χ3n) is 2.30. The summed E-state index contributed by atoms with van der Waals surface area (Å²) in [5, 5.41) is 0.409. The van der Waals surface area contributed by atoms with Gasteiger partial charge in [0.1, 0.15) is 11.6 Å². The van der Waals surface area contributed by atoms with Crippen molar-refractivity contribution in [2.45, 2.75) is 24.3 Å². The molecule has 0 saturated heterocycles. The molecular formula is C9H16N6OS. The van der Waals surface area contributed by atoms with Crippen molar-refractivity contribution in [2.75, 3.05) is 11.5 Å². The van der Waals surface area contributed by atoms with Gasteiger partial charge in [-0.2, -0.15) is 0 Å². The van der Waals surface area contributed by atoms with Gasteiger partial charge in [0, 0.05) is 17.2 Å². The van der Waals surface area contributed by atoms with E-state index in [1.807, 2.05) is 6.92 Å².